The van der Waals surface area contributed by atoms with E-state index >= 15 is 0 Å². The number of anilines is 2. The van der Waals surface area contributed by atoms with Gasteiger partial charge in [0.1, 0.15) is 11.9 Å². The molecule has 1 aliphatic heterocycles. The van der Waals surface area contributed by atoms with Crippen molar-refractivity contribution in [1.82, 2.24) is 4.98 Å². The average Bonchev–Trinajstić information content (AvgIpc) is 2.50. The first-order valence-corrected chi connectivity index (χ1v) is 7.78. The Hall–Kier alpha value is -2.31. The van der Waals surface area contributed by atoms with Crippen LogP contribution in [0.5, 0.6) is 5.75 Å². The Labute approximate surface area is 135 Å². The monoisotopic (exact) mass is 321 g/mol. The maximum atomic E-state index is 12.6. The molecule has 1 aliphatic rings. The van der Waals surface area contributed by atoms with Gasteiger partial charge in [0.2, 0.25) is 0 Å². The Morgan fingerprint density at radius 3 is 2.78 bits per heavy atom. The number of aromatic nitrogens is 1. The Balaban J connectivity index is 2.36. The lowest BCUT2D eigenvalue weighted by Gasteiger charge is -2.35. The Kier molecular flexibility index (Phi) is 5.08. The molecule has 0 fully saturated rings. The largest absolute Gasteiger partial charge is 0.477 e. The second-order valence-electron chi connectivity index (χ2n) is 5.97. The van der Waals surface area contributed by atoms with Crippen molar-refractivity contribution in [3.05, 3.63) is 12.1 Å². The molecule has 0 bridgehead atoms. The van der Waals surface area contributed by atoms with Gasteiger partial charge in [-0.2, -0.15) is 0 Å². The van der Waals surface area contributed by atoms with Gasteiger partial charge in [0, 0.05) is 0 Å². The predicted octanol–water partition coefficient (Wildman–Crippen LogP) is 1.76. The zero-order valence-corrected chi connectivity index (χ0v) is 13.9. The van der Waals surface area contributed by atoms with Crippen LogP contribution in [0.25, 0.3) is 0 Å². The smallest absolute Gasteiger partial charge is 0.329 e. The quantitative estimate of drug-likeness (QED) is 0.830. The van der Waals surface area contributed by atoms with E-state index in [0.717, 1.165) is 0 Å². The number of ether oxygens (including phenoxy) is 2. The molecule has 0 saturated heterocycles. The summed E-state index contributed by atoms with van der Waals surface area (Å²) < 4.78 is 10.8. The lowest BCUT2D eigenvalue weighted by atomic mass is 10.1. The minimum absolute atomic E-state index is 0.219. The van der Waals surface area contributed by atoms with Gasteiger partial charge >= 0.3 is 5.97 Å². The van der Waals surface area contributed by atoms with Crippen molar-refractivity contribution in [2.75, 3.05) is 17.2 Å². The third-order valence-electron chi connectivity index (χ3n) is 3.51. The molecule has 126 valence electrons. The highest BCUT2D eigenvalue weighted by atomic mass is 16.5. The molecule has 1 aromatic rings. The number of hydrogen-bond acceptors (Lipinski definition) is 6. The van der Waals surface area contributed by atoms with E-state index in [1.807, 2.05) is 20.8 Å². The molecule has 1 amide bonds. The first kappa shape index (κ1) is 17.1. The maximum Gasteiger partial charge on any atom is 0.329 e. The Morgan fingerprint density at radius 1 is 1.48 bits per heavy atom. The molecule has 7 heteroatoms. The molecule has 0 spiro atoms. The highest BCUT2D eigenvalue weighted by Gasteiger charge is 2.40. The van der Waals surface area contributed by atoms with Crippen molar-refractivity contribution in [2.24, 2.45) is 5.92 Å². The van der Waals surface area contributed by atoms with E-state index in [9.17, 15) is 9.59 Å². The summed E-state index contributed by atoms with van der Waals surface area (Å²) in [6, 6.07) is 2.50. The predicted molar refractivity (Wildman–Crippen MR) is 86.1 cm³/mol. The molecular formula is C16H23N3O4. The van der Waals surface area contributed by atoms with E-state index in [-0.39, 0.29) is 23.5 Å². The summed E-state index contributed by atoms with van der Waals surface area (Å²) in [5.41, 5.74) is 5.72. The van der Waals surface area contributed by atoms with Crippen molar-refractivity contribution in [3.63, 3.8) is 0 Å². The van der Waals surface area contributed by atoms with E-state index in [2.05, 4.69) is 4.98 Å². The molecule has 23 heavy (non-hydrogen) atoms. The number of carbonyl (C=O) groups is 2. The van der Waals surface area contributed by atoms with E-state index in [1.165, 1.54) is 4.90 Å². The van der Waals surface area contributed by atoms with Gasteiger partial charge in [0.25, 0.3) is 5.91 Å². The van der Waals surface area contributed by atoms with Crippen molar-refractivity contribution in [2.45, 2.75) is 46.3 Å². The number of pyridine rings is 1. The lowest BCUT2D eigenvalue weighted by Crippen LogP contribution is -2.53. The van der Waals surface area contributed by atoms with Crippen molar-refractivity contribution in [3.8, 4) is 5.75 Å². The molecule has 2 unspecified atom stereocenters. The van der Waals surface area contributed by atoms with Gasteiger partial charge in [-0.05, 0) is 31.4 Å². The maximum absolute atomic E-state index is 12.6. The minimum Gasteiger partial charge on any atom is -0.477 e. The van der Waals surface area contributed by atoms with Gasteiger partial charge < -0.3 is 15.2 Å². The lowest BCUT2D eigenvalue weighted by molar-refractivity contribution is -0.148. The van der Waals surface area contributed by atoms with Gasteiger partial charge in [0.05, 0.1) is 6.61 Å². The molecular weight excluding hydrogens is 298 g/mol. The zero-order chi connectivity index (χ0) is 17.1. The van der Waals surface area contributed by atoms with Crippen LogP contribution in [-0.2, 0) is 14.3 Å². The van der Waals surface area contributed by atoms with Crippen molar-refractivity contribution >= 4 is 23.5 Å². The molecule has 2 heterocycles. The molecule has 1 aromatic heterocycles. The second kappa shape index (κ2) is 6.85. The van der Waals surface area contributed by atoms with Gasteiger partial charge in [0.15, 0.2) is 17.7 Å². The number of amides is 1. The van der Waals surface area contributed by atoms with Crippen LogP contribution in [0.4, 0.5) is 11.6 Å². The van der Waals surface area contributed by atoms with E-state index in [4.69, 9.17) is 15.2 Å². The van der Waals surface area contributed by atoms with Crippen LogP contribution >= 0.6 is 0 Å². The SMILES string of the molecule is CCC(C(=O)OCC(C)C)N1C(=O)C(C)Oc2ccc(N)nc21. The van der Waals surface area contributed by atoms with Crippen LogP contribution in [0.1, 0.15) is 34.1 Å². The van der Waals surface area contributed by atoms with Crippen LogP contribution < -0.4 is 15.4 Å². The van der Waals surface area contributed by atoms with Crippen LogP contribution in [0.2, 0.25) is 0 Å². The molecule has 7 nitrogen and oxygen atoms in total. The van der Waals surface area contributed by atoms with Crippen LogP contribution in [0.3, 0.4) is 0 Å². The molecule has 0 radical (unpaired) electrons. The van der Waals surface area contributed by atoms with E-state index < -0.39 is 18.1 Å². The van der Waals surface area contributed by atoms with E-state index in [1.54, 1.807) is 19.1 Å². The number of nitrogens with zero attached hydrogens (tertiary/aromatic N) is 2. The number of rotatable bonds is 5. The summed E-state index contributed by atoms with van der Waals surface area (Å²) in [6.45, 7) is 7.67. The molecule has 2 atom stereocenters. The molecule has 2 rings (SSSR count). The topological polar surface area (TPSA) is 94.8 Å². The standard InChI is InChI=1S/C16H23N3O4/c1-5-11(16(21)22-8-9(2)3)19-14-12(6-7-13(17)18-14)23-10(4)15(19)20/h6-7,9-11H,5,8H2,1-4H3,(H2,17,18). The van der Waals surface area contributed by atoms with Gasteiger partial charge in [-0.3, -0.25) is 9.69 Å². The normalized spacial score (nSPS) is 18.4. The number of nitrogens with two attached hydrogens (primary N) is 1. The average molecular weight is 321 g/mol. The number of hydrogen-bond donors (Lipinski definition) is 1. The Morgan fingerprint density at radius 2 is 2.17 bits per heavy atom. The van der Waals surface area contributed by atoms with Crippen LogP contribution in [0, 0.1) is 5.92 Å². The minimum atomic E-state index is -0.749. The molecule has 2 N–H and O–H groups in total. The summed E-state index contributed by atoms with van der Waals surface area (Å²) in [6.07, 6.45) is -0.287. The summed E-state index contributed by atoms with van der Waals surface area (Å²) in [5, 5.41) is 0. The van der Waals surface area contributed by atoms with Crippen molar-refractivity contribution < 1.29 is 19.1 Å². The second-order valence-corrected chi connectivity index (χ2v) is 5.97. The molecule has 0 aliphatic carbocycles. The number of fused-ring (bicyclic) bond motifs is 1. The zero-order valence-electron chi connectivity index (χ0n) is 13.9. The van der Waals surface area contributed by atoms with Crippen LogP contribution in [-0.4, -0.2) is 35.6 Å². The highest BCUT2D eigenvalue weighted by molar-refractivity contribution is 6.03. The number of esters is 1. The summed E-state index contributed by atoms with van der Waals surface area (Å²) >= 11 is 0. The van der Waals surface area contributed by atoms with Crippen molar-refractivity contribution in [1.29, 1.82) is 0 Å². The first-order valence-electron chi connectivity index (χ1n) is 7.78. The fourth-order valence-electron chi connectivity index (χ4n) is 2.36. The third-order valence-corrected chi connectivity index (χ3v) is 3.51. The fraction of sp³-hybridized carbons (Fsp3) is 0.562. The van der Waals surface area contributed by atoms with E-state index in [0.29, 0.717) is 18.8 Å². The fourth-order valence-corrected chi connectivity index (χ4v) is 2.36. The van der Waals surface area contributed by atoms with Gasteiger partial charge in [-0.1, -0.05) is 20.8 Å². The van der Waals surface area contributed by atoms with Crippen LogP contribution in [0.15, 0.2) is 12.1 Å². The number of nitrogen functional groups attached to an aromatic ring is 1. The highest BCUT2D eigenvalue weighted by Crippen LogP contribution is 2.35. The molecule has 0 saturated carbocycles. The third kappa shape index (κ3) is 3.55. The Bertz CT molecular complexity index is 603. The van der Waals surface area contributed by atoms with Gasteiger partial charge in [-0.15, -0.1) is 0 Å². The molecule has 0 aromatic carbocycles. The first-order chi connectivity index (χ1) is 10.8. The summed E-state index contributed by atoms with van der Waals surface area (Å²) in [7, 11) is 0. The summed E-state index contributed by atoms with van der Waals surface area (Å²) in [4.78, 5) is 30.5. The number of carbonyl (C=O) groups excluding carboxylic acids is 2. The van der Waals surface area contributed by atoms with Gasteiger partial charge in [-0.25, -0.2) is 9.78 Å². The summed E-state index contributed by atoms with van der Waals surface area (Å²) in [5.74, 6) is 0.396.